The monoisotopic (exact) mass is 295 g/mol. The molecule has 0 N–H and O–H groups in total. The van der Waals surface area contributed by atoms with Gasteiger partial charge >= 0.3 is 0 Å². The summed E-state index contributed by atoms with van der Waals surface area (Å²) in [5.74, 6) is 1.10. The Labute approximate surface area is 131 Å². The summed E-state index contributed by atoms with van der Waals surface area (Å²) in [6.07, 6.45) is 7.70. The van der Waals surface area contributed by atoms with Crippen molar-refractivity contribution in [2.75, 3.05) is 4.90 Å². The zero-order chi connectivity index (χ0) is 15.5. The first-order valence-electron chi connectivity index (χ1n) is 8.12. The molecule has 3 aliphatic carbocycles. The first kappa shape index (κ1) is 13.7. The highest BCUT2D eigenvalue weighted by Crippen LogP contribution is 2.72. The van der Waals surface area contributed by atoms with Crippen molar-refractivity contribution in [3.63, 3.8) is 0 Å². The number of hydrogen-bond acceptors (Lipinski definition) is 2. The number of para-hydroxylation sites is 1. The molecule has 1 spiro atoms. The number of rotatable bonds is 3. The predicted octanol–water partition coefficient (Wildman–Crippen LogP) is 3.33. The second kappa shape index (κ2) is 4.55. The lowest BCUT2D eigenvalue weighted by Gasteiger charge is -2.28. The van der Waals surface area contributed by atoms with Crippen molar-refractivity contribution < 1.29 is 9.59 Å². The molecule has 0 unspecified atom stereocenters. The van der Waals surface area contributed by atoms with Gasteiger partial charge in [0.2, 0.25) is 12.3 Å². The summed E-state index contributed by atoms with van der Waals surface area (Å²) in [6.45, 7) is 4.11. The van der Waals surface area contributed by atoms with Crippen LogP contribution >= 0.6 is 0 Å². The summed E-state index contributed by atoms with van der Waals surface area (Å²) < 4.78 is 0. The molecular formula is C19H21NO2. The van der Waals surface area contributed by atoms with E-state index in [1.807, 2.05) is 31.2 Å². The number of anilines is 1. The van der Waals surface area contributed by atoms with Crippen LogP contribution in [-0.2, 0) is 9.59 Å². The highest BCUT2D eigenvalue weighted by atomic mass is 16.2. The van der Waals surface area contributed by atoms with Crippen LogP contribution in [0.15, 0.2) is 36.4 Å². The summed E-state index contributed by atoms with van der Waals surface area (Å²) in [7, 11) is 0. The first-order valence-corrected chi connectivity index (χ1v) is 8.12. The van der Waals surface area contributed by atoms with Gasteiger partial charge in [-0.3, -0.25) is 14.5 Å². The summed E-state index contributed by atoms with van der Waals surface area (Å²) >= 11 is 0. The lowest BCUT2D eigenvalue weighted by Crippen LogP contribution is -2.40. The van der Waals surface area contributed by atoms with E-state index in [1.54, 1.807) is 0 Å². The number of carbonyl (C=O) groups is 2. The molecule has 0 radical (unpaired) electrons. The smallest absolute Gasteiger partial charge is 0.237 e. The Morgan fingerprint density at radius 1 is 1.23 bits per heavy atom. The molecule has 22 heavy (non-hydrogen) atoms. The van der Waals surface area contributed by atoms with E-state index in [4.69, 9.17) is 0 Å². The van der Waals surface area contributed by atoms with E-state index in [0.717, 1.165) is 5.56 Å². The maximum absolute atomic E-state index is 13.1. The van der Waals surface area contributed by atoms with Gasteiger partial charge in [-0.25, -0.2) is 0 Å². The van der Waals surface area contributed by atoms with Crippen molar-refractivity contribution in [3.05, 3.63) is 42.0 Å². The molecule has 4 atom stereocenters. The van der Waals surface area contributed by atoms with Crippen LogP contribution in [0.5, 0.6) is 0 Å². The van der Waals surface area contributed by atoms with E-state index >= 15 is 0 Å². The number of amides is 2. The van der Waals surface area contributed by atoms with E-state index in [1.165, 1.54) is 17.7 Å². The SMILES string of the molecule is Cc1ccccc1N(C=O)C(=O)[C@@H]1[C@@H](C)[C@@H]2C=C[C@@H]1C21CC1. The van der Waals surface area contributed by atoms with E-state index in [0.29, 0.717) is 35.3 Å². The highest BCUT2D eigenvalue weighted by molar-refractivity contribution is 6.09. The number of nitrogens with zero attached hydrogens (tertiary/aromatic N) is 1. The van der Waals surface area contributed by atoms with Crippen LogP contribution in [0.2, 0.25) is 0 Å². The average molecular weight is 295 g/mol. The minimum Gasteiger partial charge on any atom is -0.278 e. The molecule has 114 valence electrons. The van der Waals surface area contributed by atoms with Gasteiger partial charge in [0.05, 0.1) is 5.69 Å². The number of allylic oxidation sites excluding steroid dienone is 2. The Balaban J connectivity index is 1.68. The van der Waals surface area contributed by atoms with Gasteiger partial charge in [0.25, 0.3) is 0 Å². The second-order valence-corrected chi connectivity index (χ2v) is 7.15. The quantitative estimate of drug-likeness (QED) is 0.633. The molecule has 2 saturated carbocycles. The van der Waals surface area contributed by atoms with Crippen LogP contribution in [0.25, 0.3) is 0 Å². The minimum absolute atomic E-state index is 0.0278. The molecule has 3 nitrogen and oxygen atoms in total. The van der Waals surface area contributed by atoms with Crippen molar-refractivity contribution in [2.24, 2.45) is 29.1 Å². The normalized spacial score (nSPS) is 33.2. The van der Waals surface area contributed by atoms with Gasteiger partial charge in [0, 0.05) is 5.92 Å². The van der Waals surface area contributed by atoms with Crippen LogP contribution in [0.3, 0.4) is 0 Å². The van der Waals surface area contributed by atoms with Gasteiger partial charge in [-0.05, 0) is 54.6 Å². The third-order valence-electron chi connectivity index (χ3n) is 6.20. The lowest BCUT2D eigenvalue weighted by atomic mass is 9.83. The average Bonchev–Trinajstić information content (AvgIpc) is 3.17. The number of benzene rings is 1. The third-order valence-corrected chi connectivity index (χ3v) is 6.20. The van der Waals surface area contributed by atoms with Crippen molar-refractivity contribution in [3.8, 4) is 0 Å². The van der Waals surface area contributed by atoms with Gasteiger partial charge in [-0.15, -0.1) is 0 Å². The highest BCUT2D eigenvalue weighted by Gasteiger charge is 2.67. The third kappa shape index (κ3) is 1.62. The largest absolute Gasteiger partial charge is 0.278 e. The van der Waals surface area contributed by atoms with E-state index in [9.17, 15) is 9.59 Å². The molecule has 3 aliphatic rings. The van der Waals surface area contributed by atoms with E-state index < -0.39 is 0 Å². The van der Waals surface area contributed by atoms with Crippen molar-refractivity contribution in [1.29, 1.82) is 0 Å². The van der Waals surface area contributed by atoms with Gasteiger partial charge < -0.3 is 0 Å². The topological polar surface area (TPSA) is 37.4 Å². The first-order chi connectivity index (χ1) is 10.6. The Kier molecular flexibility index (Phi) is 2.84. The Morgan fingerprint density at radius 2 is 1.91 bits per heavy atom. The van der Waals surface area contributed by atoms with E-state index in [-0.39, 0.29) is 11.8 Å². The standard InChI is InChI=1S/C19H21NO2/c1-12-5-3-4-6-16(12)20(11-21)18(22)17-13(2)14-7-8-15(17)19(14)9-10-19/h3-8,11,13-15,17H,9-10H2,1-2H3/t13-,14-,15-,17+/m0/s1. The number of hydrogen-bond donors (Lipinski definition) is 0. The molecule has 2 fully saturated rings. The van der Waals surface area contributed by atoms with Crippen molar-refractivity contribution in [2.45, 2.75) is 26.7 Å². The molecule has 0 aliphatic heterocycles. The Hall–Kier alpha value is -1.90. The molecule has 0 saturated heterocycles. The molecular weight excluding hydrogens is 274 g/mol. The fraction of sp³-hybridized carbons (Fsp3) is 0.474. The van der Waals surface area contributed by atoms with Crippen LogP contribution in [0, 0.1) is 36.0 Å². The van der Waals surface area contributed by atoms with Crippen LogP contribution in [-0.4, -0.2) is 12.3 Å². The van der Waals surface area contributed by atoms with Gasteiger partial charge in [0.15, 0.2) is 0 Å². The zero-order valence-electron chi connectivity index (χ0n) is 13.0. The summed E-state index contributed by atoms with van der Waals surface area (Å²) in [5.41, 5.74) is 2.02. The lowest BCUT2D eigenvalue weighted by molar-refractivity contribution is -0.126. The van der Waals surface area contributed by atoms with Crippen molar-refractivity contribution in [1.82, 2.24) is 0 Å². The number of imide groups is 1. The fourth-order valence-corrected chi connectivity index (χ4v) is 4.98. The van der Waals surface area contributed by atoms with Gasteiger partial charge in [-0.1, -0.05) is 37.3 Å². The zero-order valence-corrected chi connectivity index (χ0v) is 13.0. The minimum atomic E-state index is -0.0534. The van der Waals surface area contributed by atoms with Crippen molar-refractivity contribution >= 4 is 18.0 Å². The summed E-state index contributed by atoms with van der Waals surface area (Å²) in [5, 5.41) is 0. The van der Waals surface area contributed by atoms with Crippen LogP contribution < -0.4 is 4.90 Å². The maximum atomic E-state index is 13.1. The molecule has 2 bridgehead atoms. The van der Waals surface area contributed by atoms with Crippen LogP contribution in [0.4, 0.5) is 5.69 Å². The summed E-state index contributed by atoms with van der Waals surface area (Å²) in [6, 6.07) is 7.58. The molecule has 4 rings (SSSR count). The van der Waals surface area contributed by atoms with Gasteiger partial charge in [-0.2, -0.15) is 0 Å². The van der Waals surface area contributed by atoms with Gasteiger partial charge in [0.1, 0.15) is 0 Å². The fourth-order valence-electron chi connectivity index (χ4n) is 4.98. The Morgan fingerprint density at radius 3 is 2.50 bits per heavy atom. The molecule has 2 amide bonds. The molecule has 0 aromatic heterocycles. The molecule has 3 heteroatoms. The van der Waals surface area contributed by atoms with E-state index in [2.05, 4.69) is 19.1 Å². The Bertz CT molecular complexity index is 674. The maximum Gasteiger partial charge on any atom is 0.237 e. The predicted molar refractivity (Wildman–Crippen MR) is 85.2 cm³/mol. The number of aryl methyl sites for hydroxylation is 1. The summed E-state index contributed by atoms with van der Waals surface area (Å²) in [4.78, 5) is 26.1. The molecule has 1 aromatic carbocycles. The van der Waals surface area contributed by atoms with Crippen LogP contribution in [0.1, 0.15) is 25.3 Å². The number of carbonyl (C=O) groups excluding carboxylic acids is 2. The molecule has 0 heterocycles. The second-order valence-electron chi connectivity index (χ2n) is 7.15. The molecule has 1 aromatic rings.